The molecule has 1 aromatic carbocycles. The lowest BCUT2D eigenvalue weighted by molar-refractivity contribution is -0.122. The summed E-state index contributed by atoms with van der Waals surface area (Å²) in [7, 11) is -3.07. The van der Waals surface area contributed by atoms with Gasteiger partial charge in [-0.3, -0.25) is 9.59 Å². The monoisotopic (exact) mass is 393 g/mol. The van der Waals surface area contributed by atoms with Gasteiger partial charge in [0.1, 0.15) is 6.54 Å². The van der Waals surface area contributed by atoms with Crippen LogP contribution in [0.3, 0.4) is 0 Å². The van der Waals surface area contributed by atoms with Gasteiger partial charge in [-0.1, -0.05) is 12.1 Å². The maximum atomic E-state index is 12.2. The number of hydrogen-bond acceptors (Lipinski definition) is 6. The van der Waals surface area contributed by atoms with E-state index in [1.54, 1.807) is 17.8 Å². The molecule has 0 bridgehead atoms. The summed E-state index contributed by atoms with van der Waals surface area (Å²) in [6.07, 6.45) is 2.39. The highest BCUT2D eigenvalue weighted by Gasteiger charge is 2.28. The van der Waals surface area contributed by atoms with Crippen molar-refractivity contribution < 1.29 is 13.2 Å². The topological polar surface area (TPSA) is 98.1 Å². The Kier molecular flexibility index (Phi) is 5.47. The van der Waals surface area contributed by atoms with Crippen LogP contribution in [-0.4, -0.2) is 47.9 Å². The highest BCUT2D eigenvalue weighted by molar-refractivity contribution is 7.98. The summed E-state index contributed by atoms with van der Waals surface area (Å²) in [5.41, 5.74) is 1.05. The first-order valence-electron chi connectivity index (χ1n) is 8.09. The zero-order valence-corrected chi connectivity index (χ0v) is 15.8. The average Bonchev–Trinajstić information content (AvgIpc) is 2.95. The zero-order chi connectivity index (χ0) is 18.7. The molecule has 26 heavy (non-hydrogen) atoms. The van der Waals surface area contributed by atoms with Gasteiger partial charge in [-0.05, 0) is 30.9 Å². The van der Waals surface area contributed by atoms with Gasteiger partial charge in [0.2, 0.25) is 5.91 Å². The maximum Gasteiger partial charge on any atom is 0.267 e. The van der Waals surface area contributed by atoms with Gasteiger partial charge < -0.3 is 5.32 Å². The molecule has 1 aliphatic rings. The van der Waals surface area contributed by atoms with Crippen LogP contribution in [-0.2, 0) is 21.2 Å². The van der Waals surface area contributed by atoms with E-state index in [1.165, 1.54) is 6.07 Å². The van der Waals surface area contributed by atoms with E-state index >= 15 is 0 Å². The Morgan fingerprint density at radius 3 is 2.62 bits per heavy atom. The van der Waals surface area contributed by atoms with Crippen molar-refractivity contribution in [3.05, 3.63) is 46.8 Å². The van der Waals surface area contributed by atoms with Crippen LogP contribution in [0.25, 0.3) is 11.3 Å². The summed E-state index contributed by atoms with van der Waals surface area (Å²) in [5.74, 6) is -0.391. The van der Waals surface area contributed by atoms with Crippen LogP contribution in [0.5, 0.6) is 0 Å². The Hall–Kier alpha value is -2.13. The van der Waals surface area contributed by atoms with Gasteiger partial charge in [-0.25, -0.2) is 13.1 Å². The molecule has 0 saturated carbocycles. The van der Waals surface area contributed by atoms with E-state index in [4.69, 9.17) is 0 Å². The van der Waals surface area contributed by atoms with Crippen molar-refractivity contribution in [2.24, 2.45) is 0 Å². The molecule has 2 aromatic rings. The molecule has 1 N–H and O–H groups in total. The molecule has 138 valence electrons. The van der Waals surface area contributed by atoms with Gasteiger partial charge in [-0.2, -0.15) is 5.10 Å². The molecule has 9 heteroatoms. The molecule has 2 heterocycles. The molecule has 1 aromatic heterocycles. The number of aromatic nitrogens is 2. The van der Waals surface area contributed by atoms with Crippen molar-refractivity contribution in [1.82, 2.24) is 15.1 Å². The predicted octanol–water partition coefficient (Wildman–Crippen LogP) is 0.935. The number of nitrogens with zero attached hydrogens (tertiary/aromatic N) is 2. The van der Waals surface area contributed by atoms with E-state index in [9.17, 15) is 18.0 Å². The highest BCUT2D eigenvalue weighted by atomic mass is 32.2. The number of benzene rings is 1. The van der Waals surface area contributed by atoms with Crippen molar-refractivity contribution in [1.29, 1.82) is 0 Å². The Balaban J connectivity index is 1.73. The van der Waals surface area contributed by atoms with Gasteiger partial charge >= 0.3 is 0 Å². The summed E-state index contributed by atoms with van der Waals surface area (Å²) < 4.78 is 24.0. The number of carbonyl (C=O) groups excluding carboxylic acids is 1. The van der Waals surface area contributed by atoms with E-state index in [0.29, 0.717) is 12.1 Å². The molecule has 3 rings (SSSR count). The van der Waals surface area contributed by atoms with Crippen molar-refractivity contribution in [3.8, 4) is 11.3 Å². The fourth-order valence-corrected chi connectivity index (χ4v) is 4.88. The number of rotatable bonds is 5. The van der Waals surface area contributed by atoms with E-state index < -0.39 is 21.8 Å². The third kappa shape index (κ3) is 4.53. The number of hydrogen-bond donors (Lipinski definition) is 1. The van der Waals surface area contributed by atoms with Crippen LogP contribution in [0.15, 0.2) is 46.1 Å². The Morgan fingerprint density at radius 2 is 2.00 bits per heavy atom. The van der Waals surface area contributed by atoms with E-state index in [0.717, 1.165) is 15.1 Å². The van der Waals surface area contributed by atoms with Crippen molar-refractivity contribution in [2.75, 3.05) is 17.8 Å². The smallest absolute Gasteiger partial charge is 0.267 e. The Labute approximate surface area is 155 Å². The Morgan fingerprint density at radius 1 is 1.27 bits per heavy atom. The zero-order valence-electron chi connectivity index (χ0n) is 14.2. The number of amides is 1. The van der Waals surface area contributed by atoms with Crippen LogP contribution in [0.2, 0.25) is 0 Å². The number of sulfone groups is 1. The fraction of sp³-hybridized carbons (Fsp3) is 0.353. The third-order valence-electron chi connectivity index (χ3n) is 4.14. The minimum Gasteiger partial charge on any atom is -0.351 e. The molecule has 1 unspecified atom stereocenters. The first kappa shape index (κ1) is 18.7. The standard InChI is InChI=1S/C17H19N3O4S2/c1-25-14-4-2-12(3-5-14)15-6-7-17(22)20(19-15)10-16(21)18-13-8-9-26(23,24)11-13/h2-7,13H,8-11H2,1H3,(H,18,21). The summed E-state index contributed by atoms with van der Waals surface area (Å²) in [5, 5.41) is 6.92. The lowest BCUT2D eigenvalue weighted by Crippen LogP contribution is -2.40. The van der Waals surface area contributed by atoms with Gasteiger partial charge in [0, 0.05) is 22.6 Å². The summed E-state index contributed by atoms with van der Waals surface area (Å²) in [6, 6.07) is 10.3. The van der Waals surface area contributed by atoms with E-state index in [2.05, 4.69) is 10.4 Å². The first-order chi connectivity index (χ1) is 12.4. The second-order valence-corrected chi connectivity index (χ2v) is 9.22. The second-order valence-electron chi connectivity index (χ2n) is 6.11. The lowest BCUT2D eigenvalue weighted by atomic mass is 10.1. The van der Waals surface area contributed by atoms with Gasteiger partial charge in [0.05, 0.1) is 17.2 Å². The summed E-state index contributed by atoms with van der Waals surface area (Å²) in [6.45, 7) is -0.244. The summed E-state index contributed by atoms with van der Waals surface area (Å²) in [4.78, 5) is 25.3. The molecule has 0 aliphatic carbocycles. The SMILES string of the molecule is CSc1ccc(-c2ccc(=O)n(CC(=O)NC3CCS(=O)(=O)C3)n2)cc1. The average molecular weight is 393 g/mol. The molecule has 0 radical (unpaired) electrons. The van der Waals surface area contributed by atoms with Gasteiger partial charge in [0.15, 0.2) is 9.84 Å². The normalized spacial score (nSPS) is 18.6. The molecule has 1 atom stereocenters. The Bertz CT molecular complexity index is 968. The van der Waals surface area contributed by atoms with E-state index in [1.807, 2.05) is 30.5 Å². The quantitative estimate of drug-likeness (QED) is 0.759. The van der Waals surface area contributed by atoms with Crippen molar-refractivity contribution in [2.45, 2.75) is 23.9 Å². The van der Waals surface area contributed by atoms with Gasteiger partial charge in [-0.15, -0.1) is 11.8 Å². The van der Waals surface area contributed by atoms with Crippen LogP contribution in [0.4, 0.5) is 0 Å². The minimum absolute atomic E-state index is 0.0527. The minimum atomic E-state index is -3.07. The highest BCUT2D eigenvalue weighted by Crippen LogP contribution is 2.20. The van der Waals surface area contributed by atoms with E-state index in [-0.39, 0.29) is 23.6 Å². The third-order valence-corrected chi connectivity index (χ3v) is 6.65. The van der Waals surface area contributed by atoms with Crippen LogP contribution in [0, 0.1) is 0 Å². The van der Waals surface area contributed by atoms with Crippen LogP contribution in [0.1, 0.15) is 6.42 Å². The molecular weight excluding hydrogens is 374 g/mol. The molecule has 1 saturated heterocycles. The molecule has 7 nitrogen and oxygen atoms in total. The van der Waals surface area contributed by atoms with Gasteiger partial charge in [0.25, 0.3) is 5.56 Å². The second kappa shape index (κ2) is 7.63. The fourth-order valence-electron chi connectivity index (χ4n) is 2.80. The largest absolute Gasteiger partial charge is 0.351 e. The van der Waals surface area contributed by atoms with Crippen LogP contribution < -0.4 is 10.9 Å². The lowest BCUT2D eigenvalue weighted by Gasteiger charge is -2.12. The molecule has 1 amide bonds. The predicted molar refractivity (Wildman–Crippen MR) is 101 cm³/mol. The van der Waals surface area contributed by atoms with Crippen LogP contribution >= 0.6 is 11.8 Å². The van der Waals surface area contributed by atoms with Crippen molar-refractivity contribution in [3.63, 3.8) is 0 Å². The number of thioether (sulfide) groups is 1. The molecule has 1 fully saturated rings. The number of carbonyl (C=O) groups is 1. The molecule has 0 spiro atoms. The molecule has 1 aliphatic heterocycles. The summed E-state index contributed by atoms with van der Waals surface area (Å²) >= 11 is 1.63. The first-order valence-corrected chi connectivity index (χ1v) is 11.1. The maximum absolute atomic E-state index is 12.2. The van der Waals surface area contributed by atoms with Crippen molar-refractivity contribution >= 4 is 27.5 Å². The number of nitrogens with one attached hydrogen (secondary N) is 1. The molecular formula is C17H19N3O4S2.